The van der Waals surface area contributed by atoms with Gasteiger partial charge in [-0.1, -0.05) is 29.8 Å². The Labute approximate surface area is 164 Å². The minimum absolute atomic E-state index is 0.120. The summed E-state index contributed by atoms with van der Waals surface area (Å²) >= 11 is 5.64. The van der Waals surface area contributed by atoms with Gasteiger partial charge in [-0.05, 0) is 41.8 Å². The zero-order valence-electron chi connectivity index (χ0n) is 14.5. The normalized spacial score (nSPS) is 10.9. The molecule has 1 aromatic heterocycles. The van der Waals surface area contributed by atoms with Crippen LogP contribution in [0.3, 0.4) is 0 Å². The van der Waals surface area contributed by atoms with Crippen LogP contribution in [-0.4, -0.2) is 23.3 Å². The van der Waals surface area contributed by atoms with Crippen molar-refractivity contribution in [3.63, 3.8) is 0 Å². The van der Waals surface area contributed by atoms with Crippen LogP contribution in [0.15, 0.2) is 59.4 Å². The molecule has 0 bridgehead atoms. The fourth-order valence-electron chi connectivity index (χ4n) is 2.46. The number of fused-ring (bicyclic) bond motifs is 1. The number of hydrogen-bond acceptors (Lipinski definition) is 3. The topological polar surface area (TPSA) is 91.1 Å². The van der Waals surface area contributed by atoms with E-state index in [2.05, 4.69) is 15.6 Å². The van der Waals surface area contributed by atoms with Gasteiger partial charge in [-0.3, -0.25) is 14.4 Å². The first-order chi connectivity index (χ1) is 13.4. The minimum Gasteiger partial charge on any atom is -0.343 e. The van der Waals surface area contributed by atoms with Gasteiger partial charge in [-0.15, -0.1) is 0 Å². The van der Waals surface area contributed by atoms with Crippen molar-refractivity contribution in [1.82, 2.24) is 10.3 Å². The lowest BCUT2D eigenvalue weighted by atomic mass is 10.1. The van der Waals surface area contributed by atoms with E-state index in [1.54, 1.807) is 12.1 Å². The third-order valence-electron chi connectivity index (χ3n) is 3.82. The molecule has 3 rings (SSSR count). The zero-order valence-corrected chi connectivity index (χ0v) is 15.2. The van der Waals surface area contributed by atoms with E-state index in [1.165, 1.54) is 24.3 Å². The lowest BCUT2D eigenvalue weighted by Crippen LogP contribution is -2.31. The maximum absolute atomic E-state index is 13.1. The van der Waals surface area contributed by atoms with E-state index in [-0.39, 0.29) is 17.1 Å². The molecule has 3 aromatic rings. The molecule has 0 aliphatic rings. The predicted octanol–water partition coefficient (Wildman–Crippen LogP) is 3.09. The summed E-state index contributed by atoms with van der Waals surface area (Å²) in [5, 5.41) is 5.60. The average Bonchev–Trinajstić information content (AvgIpc) is 2.67. The summed E-state index contributed by atoms with van der Waals surface area (Å²) in [5.74, 6) is -1.64. The fraction of sp³-hybridized carbons (Fsp3) is 0.0500. The van der Waals surface area contributed by atoms with Gasteiger partial charge in [0.05, 0.1) is 11.6 Å². The van der Waals surface area contributed by atoms with Crippen molar-refractivity contribution >= 4 is 46.1 Å². The molecule has 0 saturated carbocycles. The number of anilines is 1. The molecular weight excluding hydrogens is 385 g/mol. The molecule has 0 saturated heterocycles. The molecule has 0 atom stereocenters. The Hall–Kier alpha value is -3.45. The van der Waals surface area contributed by atoms with Gasteiger partial charge in [0.25, 0.3) is 5.56 Å². The number of aromatic amines is 1. The zero-order chi connectivity index (χ0) is 20.1. The highest BCUT2D eigenvalue weighted by Crippen LogP contribution is 2.19. The largest absolute Gasteiger partial charge is 0.343 e. The van der Waals surface area contributed by atoms with Crippen molar-refractivity contribution in [3.8, 4) is 0 Å². The molecule has 142 valence electrons. The monoisotopic (exact) mass is 399 g/mol. The Morgan fingerprint density at radius 3 is 2.71 bits per heavy atom. The summed E-state index contributed by atoms with van der Waals surface area (Å²) in [6.45, 7) is -0.299. The van der Waals surface area contributed by atoms with Crippen LogP contribution in [0.2, 0.25) is 5.02 Å². The van der Waals surface area contributed by atoms with E-state index >= 15 is 0 Å². The van der Waals surface area contributed by atoms with Crippen LogP contribution in [0.5, 0.6) is 0 Å². The number of H-pyrrole nitrogens is 1. The molecule has 1 heterocycles. The van der Waals surface area contributed by atoms with E-state index in [9.17, 15) is 18.8 Å². The Morgan fingerprint density at radius 1 is 1.14 bits per heavy atom. The predicted molar refractivity (Wildman–Crippen MR) is 107 cm³/mol. The Bertz CT molecular complexity index is 1140. The summed E-state index contributed by atoms with van der Waals surface area (Å²) in [7, 11) is 0. The number of benzene rings is 2. The molecule has 2 aromatic carbocycles. The number of pyridine rings is 1. The molecule has 0 aliphatic heterocycles. The number of para-hydroxylation sites is 1. The number of carbonyl (C=O) groups excluding carboxylic acids is 2. The van der Waals surface area contributed by atoms with Crippen LogP contribution >= 0.6 is 11.6 Å². The van der Waals surface area contributed by atoms with Crippen LogP contribution in [0.25, 0.3) is 17.0 Å². The molecule has 28 heavy (non-hydrogen) atoms. The Balaban J connectivity index is 1.58. The summed E-state index contributed by atoms with van der Waals surface area (Å²) in [6, 6.07) is 12.7. The van der Waals surface area contributed by atoms with Gasteiger partial charge in [0.15, 0.2) is 0 Å². The minimum atomic E-state index is -0.596. The highest BCUT2D eigenvalue weighted by molar-refractivity contribution is 6.31. The Kier molecular flexibility index (Phi) is 5.86. The highest BCUT2D eigenvalue weighted by atomic mass is 35.5. The third-order valence-corrected chi connectivity index (χ3v) is 4.11. The molecule has 8 heteroatoms. The van der Waals surface area contributed by atoms with Crippen molar-refractivity contribution < 1.29 is 14.0 Å². The lowest BCUT2D eigenvalue weighted by molar-refractivity contribution is -0.121. The summed E-state index contributed by atoms with van der Waals surface area (Å²) in [5.41, 5.74) is 1.00. The molecule has 0 radical (unpaired) electrons. The molecule has 0 spiro atoms. The second-order valence-corrected chi connectivity index (χ2v) is 6.28. The fourth-order valence-corrected chi connectivity index (χ4v) is 2.64. The van der Waals surface area contributed by atoms with Crippen LogP contribution in [0.4, 0.5) is 10.1 Å². The second-order valence-electron chi connectivity index (χ2n) is 5.87. The molecule has 6 nitrogen and oxygen atoms in total. The average molecular weight is 400 g/mol. The van der Waals surface area contributed by atoms with Gasteiger partial charge >= 0.3 is 0 Å². The van der Waals surface area contributed by atoms with Crippen molar-refractivity contribution in [1.29, 1.82) is 0 Å². The van der Waals surface area contributed by atoms with Gasteiger partial charge in [0.1, 0.15) is 5.82 Å². The summed E-state index contributed by atoms with van der Waals surface area (Å²) in [6.07, 6.45) is 2.54. The van der Waals surface area contributed by atoms with E-state index in [0.717, 1.165) is 11.5 Å². The standard InChI is InChI=1S/C20H15ClFN3O3/c21-15-10-14(6-7-16(15)22)24-19(27)11-23-18(26)8-5-13-9-12-3-1-2-4-17(12)25-20(13)28/h1-10H,11H2,(H,23,26)(H,24,27)(H,25,28)/b8-5+. The molecular formula is C20H15ClFN3O3. The van der Waals surface area contributed by atoms with E-state index in [4.69, 9.17) is 11.6 Å². The third kappa shape index (κ3) is 4.83. The van der Waals surface area contributed by atoms with Crippen LogP contribution < -0.4 is 16.2 Å². The van der Waals surface area contributed by atoms with Gasteiger partial charge < -0.3 is 15.6 Å². The maximum atomic E-state index is 13.1. The SMILES string of the molecule is O=C(/C=C/c1cc2ccccc2[nH]c1=O)NCC(=O)Nc1ccc(F)c(Cl)c1. The van der Waals surface area contributed by atoms with Gasteiger partial charge in [-0.2, -0.15) is 0 Å². The second kappa shape index (κ2) is 8.49. The number of nitrogens with one attached hydrogen (secondary N) is 3. The molecule has 3 N–H and O–H groups in total. The van der Waals surface area contributed by atoms with Crippen molar-refractivity contribution in [2.24, 2.45) is 0 Å². The number of amides is 2. The number of aromatic nitrogens is 1. The van der Waals surface area contributed by atoms with Gasteiger partial charge in [-0.25, -0.2) is 4.39 Å². The Morgan fingerprint density at radius 2 is 1.93 bits per heavy atom. The number of carbonyl (C=O) groups is 2. The quantitative estimate of drug-likeness (QED) is 0.576. The first-order valence-corrected chi connectivity index (χ1v) is 8.63. The van der Waals surface area contributed by atoms with E-state index in [0.29, 0.717) is 16.8 Å². The first kappa shape index (κ1) is 19.3. The van der Waals surface area contributed by atoms with Crippen LogP contribution in [0.1, 0.15) is 5.56 Å². The summed E-state index contributed by atoms with van der Waals surface area (Å²) < 4.78 is 13.1. The summed E-state index contributed by atoms with van der Waals surface area (Å²) in [4.78, 5) is 38.5. The molecule has 2 amide bonds. The van der Waals surface area contributed by atoms with Gasteiger partial charge in [0, 0.05) is 22.8 Å². The van der Waals surface area contributed by atoms with Crippen molar-refractivity contribution in [2.75, 3.05) is 11.9 Å². The maximum Gasteiger partial charge on any atom is 0.255 e. The number of rotatable bonds is 5. The molecule has 0 fully saturated rings. The first-order valence-electron chi connectivity index (χ1n) is 8.25. The smallest absolute Gasteiger partial charge is 0.255 e. The van der Waals surface area contributed by atoms with Crippen molar-refractivity contribution in [2.45, 2.75) is 0 Å². The molecule has 0 unspecified atom stereocenters. The number of hydrogen-bond donors (Lipinski definition) is 3. The van der Waals surface area contributed by atoms with E-state index in [1.807, 2.05) is 18.2 Å². The van der Waals surface area contributed by atoms with Crippen LogP contribution in [-0.2, 0) is 9.59 Å². The van der Waals surface area contributed by atoms with Crippen LogP contribution in [0, 0.1) is 5.82 Å². The van der Waals surface area contributed by atoms with Gasteiger partial charge in [0.2, 0.25) is 11.8 Å². The lowest BCUT2D eigenvalue weighted by Gasteiger charge is -2.06. The highest BCUT2D eigenvalue weighted by Gasteiger charge is 2.07. The van der Waals surface area contributed by atoms with E-state index < -0.39 is 17.6 Å². The van der Waals surface area contributed by atoms with Crippen molar-refractivity contribution in [3.05, 3.63) is 81.4 Å². The molecule has 0 aliphatic carbocycles. The number of halogens is 2.